The number of aromatic nitrogens is 1. The van der Waals surface area contributed by atoms with E-state index in [1.54, 1.807) is 0 Å². The first-order valence-electron chi connectivity index (χ1n) is 6.52. The molecule has 0 aliphatic rings. The number of benzene rings is 1. The molecule has 0 spiro atoms. The molecule has 1 aromatic carbocycles. The van der Waals surface area contributed by atoms with Crippen molar-refractivity contribution in [2.24, 2.45) is 7.05 Å². The zero-order valence-corrected chi connectivity index (χ0v) is 14.6. The van der Waals surface area contributed by atoms with Crippen LogP contribution in [-0.2, 0) is 23.1 Å². The molecule has 0 atom stereocenters. The van der Waals surface area contributed by atoms with E-state index >= 15 is 0 Å². The van der Waals surface area contributed by atoms with Crippen LogP contribution in [0.3, 0.4) is 0 Å². The lowest BCUT2D eigenvalue weighted by Crippen LogP contribution is -2.17. The Kier molecular flexibility index (Phi) is 5.93. The summed E-state index contributed by atoms with van der Waals surface area (Å²) in [5.74, 6) is -5.37. The standard InChI is InChI=1S/C14H13F3N2O4S.ClH/c1-14(16,17)10-5-8(3-4-11(10)15)18-13(20)12-6-9(7-19(12)2)24(21,22)23;/h3-7H,1-2H3,(H,18,20)(H,21,22,23);1H. The lowest BCUT2D eigenvalue weighted by atomic mass is 10.1. The first-order valence-corrected chi connectivity index (χ1v) is 7.96. The van der Waals surface area contributed by atoms with Gasteiger partial charge in [-0.2, -0.15) is 8.42 Å². The summed E-state index contributed by atoms with van der Waals surface area (Å²) in [5, 5.41) is 2.27. The van der Waals surface area contributed by atoms with Crippen LogP contribution in [0.4, 0.5) is 18.9 Å². The van der Waals surface area contributed by atoms with E-state index < -0.39 is 38.2 Å². The van der Waals surface area contributed by atoms with Gasteiger partial charge in [-0.1, -0.05) is 0 Å². The van der Waals surface area contributed by atoms with E-state index in [0.717, 1.165) is 35.0 Å². The maximum atomic E-state index is 13.4. The first-order chi connectivity index (χ1) is 10.9. The Morgan fingerprint density at radius 1 is 1.28 bits per heavy atom. The van der Waals surface area contributed by atoms with Crippen LogP contribution in [0.2, 0.25) is 0 Å². The number of alkyl halides is 2. The molecule has 1 amide bonds. The Labute approximate surface area is 147 Å². The highest BCUT2D eigenvalue weighted by molar-refractivity contribution is 7.85. The number of anilines is 1. The molecule has 0 saturated carbocycles. The Morgan fingerprint density at radius 2 is 1.88 bits per heavy atom. The zero-order chi connectivity index (χ0) is 18.3. The van der Waals surface area contributed by atoms with Gasteiger partial charge in [0.2, 0.25) is 0 Å². The summed E-state index contributed by atoms with van der Waals surface area (Å²) < 4.78 is 72.2. The molecule has 0 saturated heterocycles. The Morgan fingerprint density at radius 3 is 2.36 bits per heavy atom. The Balaban J connectivity index is 0.00000312. The summed E-state index contributed by atoms with van der Waals surface area (Å²) in [4.78, 5) is 11.6. The van der Waals surface area contributed by atoms with Crippen LogP contribution in [0.5, 0.6) is 0 Å². The number of rotatable bonds is 4. The quantitative estimate of drug-likeness (QED) is 0.774. The largest absolute Gasteiger partial charge is 0.345 e. The minimum absolute atomic E-state index is 0. The molecule has 0 aliphatic carbocycles. The third-order valence-corrected chi connectivity index (χ3v) is 4.03. The van der Waals surface area contributed by atoms with Gasteiger partial charge in [0.1, 0.15) is 16.4 Å². The van der Waals surface area contributed by atoms with Crippen molar-refractivity contribution < 1.29 is 30.9 Å². The van der Waals surface area contributed by atoms with Gasteiger partial charge in [-0.15, -0.1) is 12.4 Å². The number of aryl methyl sites for hydroxylation is 1. The molecular formula is C14H14ClF3N2O4S. The molecule has 11 heteroatoms. The summed E-state index contributed by atoms with van der Waals surface area (Å²) >= 11 is 0. The molecule has 0 unspecified atom stereocenters. The summed E-state index contributed by atoms with van der Waals surface area (Å²) in [6, 6.07) is 3.59. The number of hydrogen-bond donors (Lipinski definition) is 2. The topological polar surface area (TPSA) is 88.4 Å². The van der Waals surface area contributed by atoms with Crippen molar-refractivity contribution in [3.8, 4) is 0 Å². The Hall–Kier alpha value is -2.04. The minimum atomic E-state index is -4.49. The fourth-order valence-corrected chi connectivity index (χ4v) is 2.59. The van der Waals surface area contributed by atoms with Gasteiger partial charge in [0.25, 0.3) is 21.9 Å². The van der Waals surface area contributed by atoms with Crippen LogP contribution in [0.15, 0.2) is 35.4 Å². The van der Waals surface area contributed by atoms with Crippen LogP contribution < -0.4 is 5.32 Å². The number of halogens is 4. The molecule has 0 bridgehead atoms. The van der Waals surface area contributed by atoms with Crippen molar-refractivity contribution in [2.45, 2.75) is 17.7 Å². The highest BCUT2D eigenvalue weighted by Gasteiger charge is 2.28. The fourth-order valence-electron chi connectivity index (χ4n) is 2.04. The van der Waals surface area contributed by atoms with Crippen molar-refractivity contribution >= 4 is 34.1 Å². The first kappa shape index (κ1) is 21.0. The molecule has 1 aromatic heterocycles. The number of carbonyl (C=O) groups is 1. The van der Waals surface area contributed by atoms with Crippen LogP contribution >= 0.6 is 12.4 Å². The highest BCUT2D eigenvalue weighted by atomic mass is 35.5. The normalized spacial score (nSPS) is 11.8. The van der Waals surface area contributed by atoms with Crippen molar-refractivity contribution in [3.05, 3.63) is 47.5 Å². The van der Waals surface area contributed by atoms with Crippen molar-refractivity contribution in [1.29, 1.82) is 0 Å². The monoisotopic (exact) mass is 398 g/mol. The van der Waals surface area contributed by atoms with Crippen molar-refractivity contribution in [1.82, 2.24) is 4.57 Å². The number of nitrogens with one attached hydrogen (secondary N) is 1. The second-order valence-corrected chi connectivity index (χ2v) is 6.61. The molecule has 2 N–H and O–H groups in total. The number of hydrogen-bond acceptors (Lipinski definition) is 3. The minimum Gasteiger partial charge on any atom is -0.345 e. The molecule has 0 fully saturated rings. The van der Waals surface area contributed by atoms with E-state index in [0.29, 0.717) is 6.92 Å². The van der Waals surface area contributed by atoms with E-state index in [1.165, 1.54) is 7.05 Å². The van der Waals surface area contributed by atoms with Crippen LogP contribution in [-0.4, -0.2) is 23.4 Å². The highest BCUT2D eigenvalue weighted by Crippen LogP contribution is 2.31. The lowest BCUT2D eigenvalue weighted by Gasteiger charge is -2.14. The van der Waals surface area contributed by atoms with Gasteiger partial charge in [0.15, 0.2) is 0 Å². The average molecular weight is 399 g/mol. The van der Waals surface area contributed by atoms with Gasteiger partial charge >= 0.3 is 0 Å². The smallest absolute Gasteiger partial charge is 0.296 e. The number of amides is 1. The predicted octanol–water partition coefficient (Wildman–Crippen LogP) is 3.20. The van der Waals surface area contributed by atoms with Gasteiger partial charge < -0.3 is 9.88 Å². The van der Waals surface area contributed by atoms with E-state index in [2.05, 4.69) is 5.32 Å². The second-order valence-electron chi connectivity index (χ2n) is 5.18. The average Bonchev–Trinajstić information content (AvgIpc) is 2.82. The summed E-state index contributed by atoms with van der Waals surface area (Å²) in [6.45, 7) is 0.520. The third kappa shape index (κ3) is 4.74. The van der Waals surface area contributed by atoms with E-state index in [4.69, 9.17) is 4.55 Å². The molecule has 2 aromatic rings. The van der Waals surface area contributed by atoms with Crippen LogP contribution in [0.25, 0.3) is 0 Å². The molecule has 6 nitrogen and oxygen atoms in total. The lowest BCUT2D eigenvalue weighted by molar-refractivity contribution is 0.0138. The summed E-state index contributed by atoms with van der Waals surface area (Å²) in [7, 11) is -3.13. The molecular weight excluding hydrogens is 385 g/mol. The summed E-state index contributed by atoms with van der Waals surface area (Å²) in [5.41, 5.74) is -1.12. The van der Waals surface area contributed by atoms with E-state index in [-0.39, 0.29) is 23.8 Å². The SMILES string of the molecule is Cl.Cn1cc(S(=O)(=O)O)cc1C(=O)Nc1ccc(F)c(C(C)(F)F)c1. The molecule has 0 aliphatic heterocycles. The van der Waals surface area contributed by atoms with E-state index in [9.17, 15) is 26.4 Å². The Bertz CT molecular complexity index is 907. The third-order valence-electron chi connectivity index (χ3n) is 3.21. The maximum Gasteiger partial charge on any atom is 0.296 e. The van der Waals surface area contributed by atoms with Gasteiger partial charge in [-0.3, -0.25) is 9.35 Å². The zero-order valence-electron chi connectivity index (χ0n) is 13.0. The number of nitrogens with zero attached hydrogens (tertiary/aromatic N) is 1. The fraction of sp³-hybridized carbons (Fsp3) is 0.214. The van der Waals surface area contributed by atoms with E-state index in [1.807, 2.05) is 0 Å². The van der Waals surface area contributed by atoms with Gasteiger partial charge in [0.05, 0.1) is 5.56 Å². The molecule has 138 valence electrons. The molecule has 1 heterocycles. The summed E-state index contributed by atoms with van der Waals surface area (Å²) in [6.07, 6.45) is 1.01. The van der Waals surface area contributed by atoms with Gasteiger partial charge in [0, 0.05) is 25.9 Å². The molecule has 0 radical (unpaired) electrons. The van der Waals surface area contributed by atoms with Crippen molar-refractivity contribution in [3.63, 3.8) is 0 Å². The van der Waals surface area contributed by atoms with Crippen LogP contribution in [0, 0.1) is 5.82 Å². The predicted molar refractivity (Wildman–Crippen MR) is 86.4 cm³/mol. The number of carbonyl (C=O) groups excluding carboxylic acids is 1. The molecule has 2 rings (SSSR count). The maximum absolute atomic E-state index is 13.4. The van der Waals surface area contributed by atoms with Gasteiger partial charge in [-0.25, -0.2) is 13.2 Å². The van der Waals surface area contributed by atoms with Gasteiger partial charge in [-0.05, 0) is 24.3 Å². The van der Waals surface area contributed by atoms with Crippen LogP contribution in [0.1, 0.15) is 23.0 Å². The molecule has 25 heavy (non-hydrogen) atoms. The second kappa shape index (κ2) is 7.06. The van der Waals surface area contributed by atoms with Crippen molar-refractivity contribution in [2.75, 3.05) is 5.32 Å².